The molecule has 2 aliphatic heterocycles. The average Bonchev–Trinajstić information content (AvgIpc) is 2.78. The first-order valence-corrected chi connectivity index (χ1v) is 9.12. The molecule has 0 aliphatic carbocycles. The van der Waals surface area contributed by atoms with Crippen LogP contribution in [0.5, 0.6) is 0 Å². The Labute approximate surface area is 124 Å². The smallest absolute Gasteiger partial charge is 0.330 e. The predicted octanol–water partition coefficient (Wildman–Crippen LogP) is -0.825. The summed E-state index contributed by atoms with van der Waals surface area (Å²) in [7, 11) is -2.98. The van der Waals surface area contributed by atoms with Gasteiger partial charge in [-0.05, 0) is 19.3 Å². The lowest BCUT2D eigenvalue weighted by Crippen LogP contribution is -2.57. The van der Waals surface area contributed by atoms with E-state index in [1.165, 1.54) is 4.90 Å². The molecule has 8 heteroatoms. The number of carbonyl (C=O) groups is 2. The maximum Gasteiger partial charge on any atom is 0.330 e. The Morgan fingerprint density at radius 1 is 1.38 bits per heavy atom. The minimum atomic E-state index is -2.98. The van der Waals surface area contributed by atoms with Crippen molar-refractivity contribution in [2.24, 2.45) is 5.92 Å². The molecule has 0 saturated carbocycles. The van der Waals surface area contributed by atoms with E-state index in [0.29, 0.717) is 26.1 Å². The van der Waals surface area contributed by atoms with Gasteiger partial charge in [0.25, 0.3) is 0 Å². The molecule has 2 unspecified atom stereocenters. The summed E-state index contributed by atoms with van der Waals surface area (Å²) < 4.78 is 27.9. The van der Waals surface area contributed by atoms with E-state index in [1.54, 1.807) is 6.92 Å². The van der Waals surface area contributed by atoms with Gasteiger partial charge in [-0.3, -0.25) is 4.79 Å². The van der Waals surface area contributed by atoms with Gasteiger partial charge in [-0.1, -0.05) is 0 Å². The molecule has 0 aromatic heterocycles. The fourth-order valence-electron chi connectivity index (χ4n) is 2.85. The zero-order valence-corrected chi connectivity index (χ0v) is 13.0. The first-order chi connectivity index (χ1) is 9.93. The Bertz CT molecular complexity index is 505. The number of amides is 1. The van der Waals surface area contributed by atoms with Crippen LogP contribution in [0.2, 0.25) is 0 Å². The van der Waals surface area contributed by atoms with Gasteiger partial charge in [0.1, 0.15) is 6.04 Å². The second kappa shape index (κ2) is 6.74. The minimum Gasteiger partial charge on any atom is -0.464 e. The van der Waals surface area contributed by atoms with Crippen molar-refractivity contribution in [2.75, 3.05) is 37.7 Å². The molecule has 2 aliphatic rings. The molecule has 1 amide bonds. The number of hydrogen-bond donors (Lipinski definition) is 1. The van der Waals surface area contributed by atoms with E-state index in [4.69, 9.17) is 4.74 Å². The Kier molecular flexibility index (Phi) is 5.21. The third kappa shape index (κ3) is 4.16. The molecule has 7 nitrogen and oxygen atoms in total. The van der Waals surface area contributed by atoms with Crippen LogP contribution in [0.3, 0.4) is 0 Å². The van der Waals surface area contributed by atoms with Crippen LogP contribution in [-0.4, -0.2) is 69.0 Å². The van der Waals surface area contributed by atoms with Crippen LogP contribution in [0, 0.1) is 5.92 Å². The second-order valence-corrected chi connectivity index (χ2v) is 7.76. The van der Waals surface area contributed by atoms with Crippen LogP contribution in [0.1, 0.15) is 19.8 Å². The van der Waals surface area contributed by atoms with E-state index in [2.05, 4.69) is 5.32 Å². The van der Waals surface area contributed by atoms with Gasteiger partial charge in [0.05, 0.1) is 18.1 Å². The molecule has 0 aromatic rings. The summed E-state index contributed by atoms with van der Waals surface area (Å²) in [5.74, 6) is -0.447. The highest BCUT2D eigenvalue weighted by molar-refractivity contribution is 7.91. The number of hydrogen-bond acceptors (Lipinski definition) is 6. The van der Waals surface area contributed by atoms with Gasteiger partial charge >= 0.3 is 5.97 Å². The van der Waals surface area contributed by atoms with Crippen LogP contribution in [0.4, 0.5) is 0 Å². The molecule has 1 N–H and O–H groups in total. The van der Waals surface area contributed by atoms with E-state index < -0.39 is 21.8 Å². The van der Waals surface area contributed by atoms with Crippen molar-refractivity contribution in [3.63, 3.8) is 0 Å². The zero-order valence-electron chi connectivity index (χ0n) is 12.2. The zero-order chi connectivity index (χ0) is 15.5. The summed E-state index contributed by atoms with van der Waals surface area (Å²) in [6, 6.07) is -0.607. The highest BCUT2D eigenvalue weighted by Gasteiger charge is 2.36. The van der Waals surface area contributed by atoms with Gasteiger partial charge in [0.2, 0.25) is 5.91 Å². The second-order valence-electron chi connectivity index (χ2n) is 5.53. The number of nitrogens with zero attached hydrogens (tertiary/aromatic N) is 1. The van der Waals surface area contributed by atoms with Crippen LogP contribution < -0.4 is 5.32 Å². The molecule has 120 valence electrons. The number of sulfone groups is 1. The fourth-order valence-corrected chi connectivity index (χ4v) is 4.71. The van der Waals surface area contributed by atoms with E-state index in [1.807, 2.05) is 0 Å². The van der Waals surface area contributed by atoms with Crippen molar-refractivity contribution < 1.29 is 22.7 Å². The molecule has 2 saturated heterocycles. The minimum absolute atomic E-state index is 0.0783. The van der Waals surface area contributed by atoms with Crippen molar-refractivity contribution in [2.45, 2.75) is 25.8 Å². The third-order valence-electron chi connectivity index (χ3n) is 3.91. The van der Waals surface area contributed by atoms with Gasteiger partial charge < -0.3 is 15.0 Å². The maximum absolute atomic E-state index is 12.4. The van der Waals surface area contributed by atoms with Crippen molar-refractivity contribution >= 4 is 21.7 Å². The van der Waals surface area contributed by atoms with E-state index >= 15 is 0 Å². The Hall–Kier alpha value is -1.15. The van der Waals surface area contributed by atoms with Gasteiger partial charge in [0, 0.05) is 26.1 Å². The van der Waals surface area contributed by atoms with E-state index in [-0.39, 0.29) is 36.4 Å². The number of esters is 1. The number of nitrogens with one attached hydrogen (secondary N) is 1. The molecule has 0 aromatic carbocycles. The Morgan fingerprint density at radius 3 is 2.76 bits per heavy atom. The van der Waals surface area contributed by atoms with Gasteiger partial charge in [0.15, 0.2) is 9.84 Å². The van der Waals surface area contributed by atoms with Crippen molar-refractivity contribution in [1.82, 2.24) is 10.2 Å². The predicted molar refractivity (Wildman–Crippen MR) is 76.4 cm³/mol. The number of piperazine rings is 1. The quantitative estimate of drug-likeness (QED) is 0.681. The van der Waals surface area contributed by atoms with Crippen molar-refractivity contribution in [3.8, 4) is 0 Å². The molecule has 2 heterocycles. The third-order valence-corrected chi connectivity index (χ3v) is 5.75. The summed E-state index contributed by atoms with van der Waals surface area (Å²) in [5, 5.41) is 3.08. The van der Waals surface area contributed by atoms with Crippen molar-refractivity contribution in [1.29, 1.82) is 0 Å². The molecular formula is C13H22N2O5S. The van der Waals surface area contributed by atoms with E-state index in [9.17, 15) is 18.0 Å². The molecule has 0 spiro atoms. The van der Waals surface area contributed by atoms with Crippen LogP contribution >= 0.6 is 0 Å². The van der Waals surface area contributed by atoms with Crippen molar-refractivity contribution in [3.05, 3.63) is 0 Å². The lowest BCUT2D eigenvalue weighted by atomic mass is 10.0. The summed E-state index contributed by atoms with van der Waals surface area (Å²) in [5.41, 5.74) is 0. The highest BCUT2D eigenvalue weighted by atomic mass is 32.2. The van der Waals surface area contributed by atoms with E-state index in [0.717, 1.165) is 0 Å². The topological polar surface area (TPSA) is 92.8 Å². The summed E-state index contributed by atoms with van der Waals surface area (Å²) >= 11 is 0. The maximum atomic E-state index is 12.4. The molecule has 0 bridgehead atoms. The number of ether oxygens (including phenoxy) is 1. The molecule has 2 atom stereocenters. The molecule has 0 radical (unpaired) electrons. The monoisotopic (exact) mass is 318 g/mol. The molecular weight excluding hydrogens is 296 g/mol. The Balaban J connectivity index is 1.97. The number of rotatable bonds is 4. The first kappa shape index (κ1) is 16.2. The largest absolute Gasteiger partial charge is 0.464 e. The van der Waals surface area contributed by atoms with Gasteiger partial charge in [-0.25, -0.2) is 13.2 Å². The normalized spacial score (nSPS) is 28.3. The summed E-state index contributed by atoms with van der Waals surface area (Å²) in [4.78, 5) is 25.8. The first-order valence-electron chi connectivity index (χ1n) is 7.30. The summed E-state index contributed by atoms with van der Waals surface area (Å²) in [6.07, 6.45) is 0.722. The standard InChI is InChI=1S/C13H22N2O5S/c1-2-20-13(17)11-8-14-4-5-15(11)12(16)7-10-3-6-21(18,19)9-10/h10-11,14H,2-9H2,1H3. The van der Waals surface area contributed by atoms with Gasteiger partial charge in [-0.2, -0.15) is 0 Å². The highest BCUT2D eigenvalue weighted by Crippen LogP contribution is 2.23. The SMILES string of the molecule is CCOC(=O)C1CNCCN1C(=O)CC1CCS(=O)(=O)C1. The van der Waals surface area contributed by atoms with Crippen LogP contribution in [0.15, 0.2) is 0 Å². The fraction of sp³-hybridized carbons (Fsp3) is 0.846. The summed E-state index contributed by atoms with van der Waals surface area (Å²) in [6.45, 7) is 3.46. The molecule has 21 heavy (non-hydrogen) atoms. The lowest BCUT2D eigenvalue weighted by molar-refractivity contribution is -0.156. The van der Waals surface area contributed by atoms with Crippen LogP contribution in [0.25, 0.3) is 0 Å². The molecule has 2 fully saturated rings. The Morgan fingerprint density at radius 2 is 2.14 bits per heavy atom. The van der Waals surface area contributed by atoms with Crippen LogP contribution in [-0.2, 0) is 24.2 Å². The average molecular weight is 318 g/mol. The number of carbonyl (C=O) groups excluding carboxylic acids is 2. The van der Waals surface area contributed by atoms with Gasteiger partial charge in [-0.15, -0.1) is 0 Å². The lowest BCUT2D eigenvalue weighted by Gasteiger charge is -2.35. The molecule has 2 rings (SSSR count).